The maximum Gasteiger partial charge on any atom is 0.236 e. The molecule has 1 saturated heterocycles. The van der Waals surface area contributed by atoms with Crippen LogP contribution in [0.25, 0.3) is 0 Å². The van der Waals surface area contributed by atoms with Crippen molar-refractivity contribution in [1.82, 2.24) is 9.80 Å². The Morgan fingerprint density at radius 2 is 1.75 bits per heavy atom. The molecule has 0 aromatic carbocycles. The van der Waals surface area contributed by atoms with Gasteiger partial charge in [-0.3, -0.25) is 9.69 Å². The fourth-order valence-electron chi connectivity index (χ4n) is 3.79. The molecule has 1 amide bonds. The van der Waals surface area contributed by atoms with E-state index in [1.165, 1.54) is 51.4 Å². The zero-order valence-electron chi connectivity index (χ0n) is 13.0. The number of amides is 1. The maximum absolute atomic E-state index is 12.5. The molecule has 2 fully saturated rings. The SMILES string of the molecule is CN(CC(=O)N1CCCCCC1)C1CCCCC1CN. The first-order valence-corrected chi connectivity index (χ1v) is 8.40. The number of carbonyl (C=O) groups excluding carboxylic acids is 1. The van der Waals surface area contributed by atoms with Crippen LogP contribution >= 0.6 is 0 Å². The van der Waals surface area contributed by atoms with Crippen molar-refractivity contribution in [2.75, 3.05) is 33.2 Å². The number of likely N-dealkylation sites (tertiary alicyclic amines) is 1. The zero-order valence-corrected chi connectivity index (χ0v) is 13.0. The van der Waals surface area contributed by atoms with Gasteiger partial charge in [0.15, 0.2) is 0 Å². The quantitative estimate of drug-likeness (QED) is 0.855. The minimum Gasteiger partial charge on any atom is -0.342 e. The van der Waals surface area contributed by atoms with Crippen LogP contribution in [0.5, 0.6) is 0 Å². The van der Waals surface area contributed by atoms with Crippen molar-refractivity contribution in [1.29, 1.82) is 0 Å². The molecule has 2 unspecified atom stereocenters. The van der Waals surface area contributed by atoms with Gasteiger partial charge in [0.2, 0.25) is 5.91 Å². The second kappa shape index (κ2) is 7.99. The largest absolute Gasteiger partial charge is 0.342 e. The summed E-state index contributed by atoms with van der Waals surface area (Å²) in [4.78, 5) is 16.8. The third-order valence-corrected chi connectivity index (χ3v) is 5.08. The number of hydrogen-bond donors (Lipinski definition) is 1. The fourth-order valence-corrected chi connectivity index (χ4v) is 3.79. The van der Waals surface area contributed by atoms with Crippen LogP contribution in [0.3, 0.4) is 0 Å². The highest BCUT2D eigenvalue weighted by atomic mass is 16.2. The minimum absolute atomic E-state index is 0.316. The Labute approximate surface area is 123 Å². The summed E-state index contributed by atoms with van der Waals surface area (Å²) in [6.45, 7) is 3.24. The molecule has 1 heterocycles. The van der Waals surface area contributed by atoms with Crippen LogP contribution in [0.15, 0.2) is 0 Å². The van der Waals surface area contributed by atoms with Crippen molar-refractivity contribution >= 4 is 5.91 Å². The van der Waals surface area contributed by atoms with Crippen LogP contribution in [-0.4, -0.2) is 55.0 Å². The van der Waals surface area contributed by atoms with Crippen molar-refractivity contribution in [2.45, 2.75) is 57.4 Å². The van der Waals surface area contributed by atoms with Crippen molar-refractivity contribution in [3.05, 3.63) is 0 Å². The number of likely N-dealkylation sites (N-methyl/N-ethyl adjacent to an activating group) is 1. The lowest BCUT2D eigenvalue weighted by Gasteiger charge is -2.38. The highest BCUT2D eigenvalue weighted by Crippen LogP contribution is 2.27. The van der Waals surface area contributed by atoms with Crippen molar-refractivity contribution in [3.8, 4) is 0 Å². The number of hydrogen-bond acceptors (Lipinski definition) is 3. The van der Waals surface area contributed by atoms with Gasteiger partial charge in [0.25, 0.3) is 0 Å². The van der Waals surface area contributed by atoms with Crippen molar-refractivity contribution in [2.24, 2.45) is 11.7 Å². The van der Waals surface area contributed by atoms with E-state index < -0.39 is 0 Å². The Kier molecular flexibility index (Phi) is 6.30. The molecule has 0 radical (unpaired) electrons. The molecule has 116 valence electrons. The Morgan fingerprint density at radius 1 is 1.10 bits per heavy atom. The standard InChI is InChI=1S/C16H31N3O/c1-18(15-9-5-4-8-14(15)12-17)13-16(20)19-10-6-2-3-7-11-19/h14-15H,2-13,17H2,1H3. The average Bonchev–Trinajstić information content (AvgIpc) is 2.76. The van der Waals surface area contributed by atoms with E-state index >= 15 is 0 Å². The maximum atomic E-state index is 12.5. The molecule has 20 heavy (non-hydrogen) atoms. The van der Waals surface area contributed by atoms with Gasteiger partial charge in [0, 0.05) is 19.1 Å². The van der Waals surface area contributed by atoms with Gasteiger partial charge < -0.3 is 10.6 Å². The summed E-state index contributed by atoms with van der Waals surface area (Å²) in [5.74, 6) is 0.890. The van der Waals surface area contributed by atoms with E-state index in [4.69, 9.17) is 5.73 Å². The summed E-state index contributed by atoms with van der Waals surface area (Å²) in [7, 11) is 2.11. The molecule has 2 aliphatic rings. The summed E-state index contributed by atoms with van der Waals surface area (Å²) < 4.78 is 0. The van der Waals surface area contributed by atoms with Crippen LogP contribution in [0.1, 0.15) is 51.4 Å². The lowest BCUT2D eigenvalue weighted by molar-refractivity contribution is -0.133. The summed E-state index contributed by atoms with van der Waals surface area (Å²) >= 11 is 0. The second-order valence-corrected chi connectivity index (χ2v) is 6.56. The van der Waals surface area contributed by atoms with E-state index in [-0.39, 0.29) is 0 Å². The third-order valence-electron chi connectivity index (χ3n) is 5.08. The minimum atomic E-state index is 0.316. The molecule has 2 atom stereocenters. The normalized spacial score (nSPS) is 28.4. The molecule has 0 aromatic rings. The molecule has 4 nitrogen and oxygen atoms in total. The topological polar surface area (TPSA) is 49.6 Å². The summed E-state index contributed by atoms with van der Waals surface area (Å²) in [6, 6.07) is 0.504. The van der Waals surface area contributed by atoms with E-state index in [1.807, 2.05) is 0 Å². The molecule has 2 rings (SSSR count). The average molecular weight is 281 g/mol. The van der Waals surface area contributed by atoms with Gasteiger partial charge in [-0.05, 0) is 45.2 Å². The van der Waals surface area contributed by atoms with Gasteiger partial charge in [0.05, 0.1) is 6.54 Å². The van der Waals surface area contributed by atoms with Gasteiger partial charge in [0.1, 0.15) is 0 Å². The van der Waals surface area contributed by atoms with Crippen LogP contribution < -0.4 is 5.73 Å². The molecule has 0 aromatic heterocycles. The Morgan fingerprint density at radius 3 is 2.40 bits per heavy atom. The molecule has 0 spiro atoms. The number of nitrogens with zero attached hydrogens (tertiary/aromatic N) is 2. The first-order chi connectivity index (χ1) is 9.72. The van der Waals surface area contributed by atoms with Crippen LogP contribution in [0, 0.1) is 5.92 Å². The Bertz CT molecular complexity index is 300. The molecular weight excluding hydrogens is 250 g/mol. The van der Waals surface area contributed by atoms with Gasteiger partial charge in [-0.15, -0.1) is 0 Å². The molecule has 2 N–H and O–H groups in total. The van der Waals surface area contributed by atoms with E-state index in [2.05, 4.69) is 16.8 Å². The number of carbonyl (C=O) groups is 1. The molecule has 1 aliphatic carbocycles. The molecule has 1 saturated carbocycles. The Hall–Kier alpha value is -0.610. The number of rotatable bonds is 4. The van der Waals surface area contributed by atoms with Gasteiger partial charge in [-0.1, -0.05) is 25.7 Å². The fraction of sp³-hybridized carbons (Fsp3) is 0.938. The Balaban J connectivity index is 1.85. The first kappa shape index (κ1) is 15.8. The molecule has 4 heteroatoms. The van der Waals surface area contributed by atoms with E-state index in [0.29, 0.717) is 24.4 Å². The molecule has 0 bridgehead atoms. The van der Waals surface area contributed by atoms with Crippen molar-refractivity contribution in [3.63, 3.8) is 0 Å². The van der Waals surface area contributed by atoms with E-state index in [9.17, 15) is 4.79 Å². The summed E-state index contributed by atoms with van der Waals surface area (Å²) in [5.41, 5.74) is 5.90. The van der Waals surface area contributed by atoms with Crippen LogP contribution in [-0.2, 0) is 4.79 Å². The lowest BCUT2D eigenvalue weighted by atomic mass is 9.84. The van der Waals surface area contributed by atoms with Gasteiger partial charge >= 0.3 is 0 Å². The first-order valence-electron chi connectivity index (χ1n) is 8.40. The highest BCUT2D eigenvalue weighted by Gasteiger charge is 2.29. The van der Waals surface area contributed by atoms with E-state index in [0.717, 1.165) is 19.6 Å². The predicted molar refractivity (Wildman–Crippen MR) is 82.5 cm³/mol. The number of nitrogens with two attached hydrogens (primary N) is 1. The zero-order chi connectivity index (χ0) is 14.4. The summed E-state index contributed by atoms with van der Waals surface area (Å²) in [5, 5.41) is 0. The van der Waals surface area contributed by atoms with Gasteiger partial charge in [-0.2, -0.15) is 0 Å². The van der Waals surface area contributed by atoms with Crippen molar-refractivity contribution < 1.29 is 4.79 Å². The second-order valence-electron chi connectivity index (χ2n) is 6.56. The van der Waals surface area contributed by atoms with Gasteiger partial charge in [-0.25, -0.2) is 0 Å². The van der Waals surface area contributed by atoms with E-state index in [1.54, 1.807) is 0 Å². The van der Waals surface area contributed by atoms with Crippen LogP contribution in [0.2, 0.25) is 0 Å². The predicted octanol–water partition coefficient (Wildman–Crippen LogP) is 1.84. The monoisotopic (exact) mass is 281 g/mol. The third kappa shape index (κ3) is 4.19. The lowest BCUT2D eigenvalue weighted by Crippen LogP contribution is -2.48. The molecular formula is C16H31N3O. The summed E-state index contributed by atoms with van der Waals surface area (Å²) in [6.07, 6.45) is 9.90. The smallest absolute Gasteiger partial charge is 0.236 e. The highest BCUT2D eigenvalue weighted by molar-refractivity contribution is 5.78. The molecule has 1 aliphatic heterocycles. The van der Waals surface area contributed by atoms with Crippen LogP contribution in [0.4, 0.5) is 0 Å².